The lowest BCUT2D eigenvalue weighted by Gasteiger charge is -2.25. The number of benzene rings is 2. The fourth-order valence-corrected chi connectivity index (χ4v) is 4.19. The van der Waals surface area contributed by atoms with Crippen molar-refractivity contribution in [2.45, 2.75) is 46.6 Å². The maximum Gasteiger partial charge on any atom is 0.232 e. The molecule has 0 aliphatic carbocycles. The molecule has 0 saturated carbocycles. The average Bonchev–Trinajstić information content (AvgIpc) is 2.66. The number of nitrogens with one attached hydrogen (secondary N) is 1. The molecule has 0 aromatic heterocycles. The molecule has 0 aliphatic rings. The van der Waals surface area contributed by atoms with Gasteiger partial charge in [0.2, 0.25) is 15.9 Å². The molecule has 0 unspecified atom stereocenters. The van der Waals surface area contributed by atoms with Crippen LogP contribution in [-0.4, -0.2) is 39.8 Å². The zero-order chi connectivity index (χ0) is 22.3. The van der Waals surface area contributed by atoms with Crippen molar-refractivity contribution in [3.05, 3.63) is 59.2 Å². The summed E-state index contributed by atoms with van der Waals surface area (Å²) >= 11 is 0. The maximum atomic E-state index is 12.3. The van der Waals surface area contributed by atoms with Gasteiger partial charge in [-0.1, -0.05) is 30.3 Å². The van der Waals surface area contributed by atoms with E-state index in [4.69, 9.17) is 4.74 Å². The van der Waals surface area contributed by atoms with Crippen molar-refractivity contribution in [2.75, 3.05) is 23.7 Å². The van der Waals surface area contributed by atoms with Gasteiger partial charge in [-0.3, -0.25) is 9.10 Å². The highest BCUT2D eigenvalue weighted by Crippen LogP contribution is 2.25. The summed E-state index contributed by atoms with van der Waals surface area (Å²) < 4.78 is 31.8. The molecule has 0 saturated heterocycles. The maximum absolute atomic E-state index is 12.3. The van der Waals surface area contributed by atoms with Crippen LogP contribution in [0.3, 0.4) is 0 Å². The quantitative estimate of drug-likeness (QED) is 0.621. The van der Waals surface area contributed by atoms with Crippen LogP contribution in [0.2, 0.25) is 0 Å². The van der Waals surface area contributed by atoms with Crippen LogP contribution < -0.4 is 14.4 Å². The third-order valence-electron chi connectivity index (χ3n) is 5.00. The van der Waals surface area contributed by atoms with Gasteiger partial charge < -0.3 is 10.1 Å². The lowest BCUT2D eigenvalue weighted by atomic mass is 10.1. The summed E-state index contributed by atoms with van der Waals surface area (Å²) in [4.78, 5) is 12.3. The first kappa shape index (κ1) is 23.7. The zero-order valence-corrected chi connectivity index (χ0v) is 19.3. The molecule has 6 nitrogen and oxygen atoms in total. The Bertz CT molecular complexity index is 973. The van der Waals surface area contributed by atoms with Crippen LogP contribution in [0.4, 0.5) is 5.69 Å². The minimum Gasteiger partial charge on any atom is -0.491 e. The summed E-state index contributed by atoms with van der Waals surface area (Å²) in [5, 5.41) is 2.91. The van der Waals surface area contributed by atoms with E-state index in [0.29, 0.717) is 18.7 Å². The molecule has 1 atom stereocenters. The Labute approximate surface area is 180 Å². The molecule has 0 radical (unpaired) electrons. The second kappa shape index (κ2) is 10.5. The van der Waals surface area contributed by atoms with Crippen molar-refractivity contribution in [2.24, 2.45) is 0 Å². The van der Waals surface area contributed by atoms with Crippen LogP contribution in [-0.2, 0) is 14.8 Å². The van der Waals surface area contributed by atoms with E-state index < -0.39 is 10.0 Å². The molecule has 2 aromatic rings. The van der Waals surface area contributed by atoms with Gasteiger partial charge in [0.05, 0.1) is 18.0 Å². The van der Waals surface area contributed by atoms with Gasteiger partial charge in [0.25, 0.3) is 0 Å². The molecular weight excluding hydrogens is 400 g/mol. The topological polar surface area (TPSA) is 75.7 Å². The van der Waals surface area contributed by atoms with E-state index in [-0.39, 0.29) is 24.9 Å². The van der Waals surface area contributed by atoms with E-state index >= 15 is 0 Å². The summed E-state index contributed by atoms with van der Waals surface area (Å²) in [6.07, 6.45) is 1.86. The van der Waals surface area contributed by atoms with Gasteiger partial charge in [0, 0.05) is 13.0 Å². The molecule has 1 amide bonds. The zero-order valence-electron chi connectivity index (χ0n) is 18.4. The van der Waals surface area contributed by atoms with Crippen molar-refractivity contribution in [1.29, 1.82) is 0 Å². The number of sulfonamides is 1. The molecule has 30 heavy (non-hydrogen) atoms. The molecule has 0 fully saturated rings. The number of ether oxygens (including phenoxy) is 1. The van der Waals surface area contributed by atoms with Gasteiger partial charge in [-0.25, -0.2) is 8.42 Å². The summed E-state index contributed by atoms with van der Waals surface area (Å²) in [7, 11) is -3.44. The fraction of sp³-hybridized carbons (Fsp3) is 0.435. The highest BCUT2D eigenvalue weighted by molar-refractivity contribution is 7.92. The van der Waals surface area contributed by atoms with Gasteiger partial charge >= 0.3 is 0 Å². The molecule has 0 spiro atoms. The van der Waals surface area contributed by atoms with Crippen molar-refractivity contribution in [3.8, 4) is 5.75 Å². The first-order valence-electron chi connectivity index (χ1n) is 10.1. The number of carbonyl (C=O) groups is 1. The molecule has 0 bridgehead atoms. The Morgan fingerprint density at radius 2 is 1.73 bits per heavy atom. The largest absolute Gasteiger partial charge is 0.491 e. The van der Waals surface area contributed by atoms with Crippen molar-refractivity contribution in [1.82, 2.24) is 5.32 Å². The van der Waals surface area contributed by atoms with Crippen molar-refractivity contribution in [3.63, 3.8) is 0 Å². The van der Waals surface area contributed by atoms with Gasteiger partial charge in [0.1, 0.15) is 12.4 Å². The Morgan fingerprint density at radius 1 is 1.07 bits per heavy atom. The molecule has 164 valence electrons. The van der Waals surface area contributed by atoms with Gasteiger partial charge in [-0.15, -0.1) is 0 Å². The number of hydrogen-bond acceptors (Lipinski definition) is 4. The molecule has 1 N–H and O–H groups in total. The van der Waals surface area contributed by atoms with E-state index in [1.807, 2.05) is 64.1 Å². The van der Waals surface area contributed by atoms with Crippen LogP contribution in [0.1, 0.15) is 36.5 Å². The van der Waals surface area contributed by atoms with E-state index in [1.54, 1.807) is 6.07 Å². The Kier molecular flexibility index (Phi) is 8.29. The lowest BCUT2D eigenvalue weighted by Crippen LogP contribution is -2.37. The van der Waals surface area contributed by atoms with E-state index in [2.05, 4.69) is 5.32 Å². The van der Waals surface area contributed by atoms with Gasteiger partial charge in [-0.2, -0.15) is 0 Å². The third kappa shape index (κ3) is 6.76. The summed E-state index contributed by atoms with van der Waals surface area (Å²) in [6, 6.07) is 13.2. The number of amides is 1. The number of carbonyl (C=O) groups excluding carboxylic acids is 1. The van der Waals surface area contributed by atoms with E-state index in [1.165, 1.54) is 10.6 Å². The molecule has 2 aromatic carbocycles. The van der Waals surface area contributed by atoms with Gasteiger partial charge in [0.15, 0.2) is 0 Å². The number of nitrogens with zero attached hydrogens (tertiary/aromatic N) is 1. The van der Waals surface area contributed by atoms with Crippen molar-refractivity contribution >= 4 is 21.6 Å². The Balaban J connectivity index is 1.87. The van der Waals surface area contributed by atoms with E-state index in [0.717, 1.165) is 22.4 Å². The molecule has 0 aliphatic heterocycles. The molecule has 0 heterocycles. The standard InChI is InChI=1S/C23H32N2O4S/c1-17-11-8-12-21(20(17)4)25(30(5,27)28)15-9-14-23(26)24-19(3)16-29-22-13-7-6-10-18(22)2/h6-8,10-13,19H,9,14-16H2,1-5H3,(H,24,26)/t19-/m1/s1. The van der Waals surface area contributed by atoms with Crippen LogP contribution in [0.25, 0.3) is 0 Å². The predicted molar refractivity (Wildman–Crippen MR) is 122 cm³/mol. The summed E-state index contributed by atoms with van der Waals surface area (Å²) in [5.41, 5.74) is 3.66. The third-order valence-corrected chi connectivity index (χ3v) is 6.18. The average molecular weight is 433 g/mol. The molecule has 2 rings (SSSR count). The van der Waals surface area contributed by atoms with Crippen LogP contribution in [0, 0.1) is 20.8 Å². The lowest BCUT2D eigenvalue weighted by molar-refractivity contribution is -0.121. The number of hydrogen-bond donors (Lipinski definition) is 1. The monoisotopic (exact) mass is 432 g/mol. The Hall–Kier alpha value is -2.54. The predicted octanol–water partition coefficient (Wildman–Crippen LogP) is 3.74. The number of aryl methyl sites for hydroxylation is 2. The first-order chi connectivity index (χ1) is 14.1. The number of rotatable bonds is 10. The molecular formula is C23H32N2O4S. The summed E-state index contributed by atoms with van der Waals surface area (Å²) in [6.45, 7) is 8.34. The number of para-hydroxylation sites is 1. The fourth-order valence-electron chi connectivity index (χ4n) is 3.18. The van der Waals surface area contributed by atoms with Crippen LogP contribution in [0.5, 0.6) is 5.75 Å². The second-order valence-corrected chi connectivity index (χ2v) is 9.61. The first-order valence-corrected chi connectivity index (χ1v) is 12.0. The van der Waals surface area contributed by atoms with Crippen LogP contribution in [0.15, 0.2) is 42.5 Å². The number of anilines is 1. The minimum atomic E-state index is -3.44. The second-order valence-electron chi connectivity index (χ2n) is 7.70. The van der Waals surface area contributed by atoms with Gasteiger partial charge in [-0.05, 0) is 62.9 Å². The summed E-state index contributed by atoms with van der Waals surface area (Å²) in [5.74, 6) is 0.682. The highest BCUT2D eigenvalue weighted by Gasteiger charge is 2.20. The SMILES string of the molecule is Cc1ccccc1OC[C@@H](C)NC(=O)CCCN(c1cccc(C)c1C)S(C)(=O)=O. The van der Waals surface area contributed by atoms with E-state index in [9.17, 15) is 13.2 Å². The highest BCUT2D eigenvalue weighted by atomic mass is 32.2. The van der Waals surface area contributed by atoms with Crippen LogP contribution >= 0.6 is 0 Å². The molecule has 7 heteroatoms. The Morgan fingerprint density at radius 3 is 2.40 bits per heavy atom. The minimum absolute atomic E-state index is 0.120. The normalized spacial score (nSPS) is 12.3. The van der Waals surface area contributed by atoms with Crippen molar-refractivity contribution < 1.29 is 17.9 Å². The smallest absolute Gasteiger partial charge is 0.232 e.